The highest BCUT2D eigenvalue weighted by Gasteiger charge is 2.42. The summed E-state index contributed by atoms with van der Waals surface area (Å²) in [6, 6.07) is 29.2. The van der Waals surface area contributed by atoms with E-state index in [1.54, 1.807) is 13.8 Å². The Morgan fingerprint density at radius 2 is 0.519 bits per heavy atom. The summed E-state index contributed by atoms with van der Waals surface area (Å²) in [5, 5.41) is 30.9. The number of hydrogen-bond donors (Lipinski definition) is 4. The lowest BCUT2D eigenvalue weighted by Crippen LogP contribution is -2.56. The average Bonchev–Trinajstić information content (AvgIpc) is 3.09. The van der Waals surface area contributed by atoms with E-state index in [9.17, 15) is 19.8 Å². The molecule has 0 aromatic heterocycles. The van der Waals surface area contributed by atoms with Crippen LogP contribution in [0.25, 0.3) is 0 Å². The molecule has 0 unspecified atom stereocenters. The Hall–Kier alpha value is -4.26. The maximum absolute atomic E-state index is 13.8. The fourth-order valence-corrected chi connectivity index (χ4v) is 6.96. The largest absolute Gasteiger partial charge is 0.378 e. The number of carbonyl (C=O) groups excluding carboxylic acids is 2. The molecule has 0 aliphatic heterocycles. The first kappa shape index (κ1) is 42.5. The predicted molar refractivity (Wildman–Crippen MR) is 222 cm³/mol. The molecule has 0 aliphatic carbocycles. The predicted octanol–water partition coefficient (Wildman–Crippen LogP) is 9.06. The van der Waals surface area contributed by atoms with Gasteiger partial charge in [0.25, 0.3) is 0 Å². The van der Waals surface area contributed by atoms with Crippen LogP contribution < -0.4 is 10.6 Å². The lowest BCUT2D eigenvalue weighted by Gasteiger charge is -2.37. The van der Waals surface area contributed by atoms with Crippen molar-refractivity contribution in [3.05, 3.63) is 142 Å². The van der Waals surface area contributed by atoms with Crippen molar-refractivity contribution >= 4 is 11.8 Å². The summed E-state index contributed by atoms with van der Waals surface area (Å²) in [6.45, 7) is 29.0. The van der Waals surface area contributed by atoms with Gasteiger partial charge in [0, 0.05) is 0 Å². The molecule has 0 saturated carbocycles. The minimum atomic E-state index is -1.67. The van der Waals surface area contributed by atoms with Crippen molar-refractivity contribution in [3.63, 3.8) is 0 Å². The van der Waals surface area contributed by atoms with Gasteiger partial charge in [-0.1, -0.05) is 180 Å². The van der Waals surface area contributed by atoms with E-state index >= 15 is 0 Å². The molecule has 2 amide bonds. The van der Waals surface area contributed by atoms with Gasteiger partial charge in [-0.3, -0.25) is 9.59 Å². The molecule has 0 fully saturated rings. The van der Waals surface area contributed by atoms with Crippen molar-refractivity contribution < 1.29 is 19.8 Å². The molecular weight excluding hydrogens is 669 g/mol. The van der Waals surface area contributed by atoms with Crippen molar-refractivity contribution in [1.82, 2.24) is 10.6 Å². The zero-order valence-electron chi connectivity index (χ0n) is 35.1. The summed E-state index contributed by atoms with van der Waals surface area (Å²) in [5.74, 6) is -1.84. The smallest absolute Gasteiger partial charge is 0.309 e. The van der Waals surface area contributed by atoms with Gasteiger partial charge >= 0.3 is 11.8 Å². The van der Waals surface area contributed by atoms with Gasteiger partial charge in [0.1, 0.15) is 11.2 Å². The van der Waals surface area contributed by atoms with Gasteiger partial charge in [-0.25, -0.2) is 0 Å². The van der Waals surface area contributed by atoms with Crippen LogP contribution in [0.1, 0.15) is 141 Å². The average molecular weight is 733 g/mol. The molecule has 6 heteroatoms. The van der Waals surface area contributed by atoms with Crippen LogP contribution in [-0.2, 0) is 42.5 Å². The van der Waals surface area contributed by atoms with Crippen molar-refractivity contribution in [3.8, 4) is 0 Å². The normalized spacial score (nSPS) is 14.3. The Kier molecular flexibility index (Phi) is 11.9. The van der Waals surface area contributed by atoms with E-state index in [1.165, 1.54) is 0 Å². The lowest BCUT2D eigenvalue weighted by molar-refractivity contribution is -0.141. The fourth-order valence-electron chi connectivity index (χ4n) is 6.96. The van der Waals surface area contributed by atoms with E-state index in [0.29, 0.717) is 22.3 Å². The summed E-state index contributed by atoms with van der Waals surface area (Å²) in [5.41, 5.74) is 3.08. The van der Waals surface area contributed by atoms with Crippen LogP contribution in [0.5, 0.6) is 0 Å². The molecule has 6 nitrogen and oxygen atoms in total. The van der Waals surface area contributed by atoms with Crippen molar-refractivity contribution in [2.45, 2.75) is 142 Å². The molecule has 0 spiro atoms. The standard InChI is InChI=1S/C48H64N2O4/c1-31(47(53,37-23-15-33(16-24-37)43(3,4)5)38-25-17-34(18-26-38)44(6,7)8)49-41(51)42(52)50-32(2)48(54,39-27-19-35(20-28-39)45(9,10)11)40-29-21-36(22-30-40)46(12,13)14/h15-32,53-54H,1-14H3,(H,49,51)(H,50,52)/t31-,32-/m0/s1. The van der Waals surface area contributed by atoms with Crippen LogP contribution in [0.4, 0.5) is 0 Å². The van der Waals surface area contributed by atoms with Gasteiger partial charge in [0.15, 0.2) is 0 Å². The van der Waals surface area contributed by atoms with Gasteiger partial charge in [-0.05, 0) is 80.0 Å². The first-order valence-electron chi connectivity index (χ1n) is 19.2. The molecule has 0 saturated heterocycles. The quantitative estimate of drug-likeness (QED) is 0.136. The fraction of sp³-hybridized carbons (Fsp3) is 0.458. The van der Waals surface area contributed by atoms with Crippen LogP contribution >= 0.6 is 0 Å². The molecule has 0 heterocycles. The number of nitrogens with one attached hydrogen (secondary N) is 2. The number of hydrogen-bond acceptors (Lipinski definition) is 4. The third-order valence-corrected chi connectivity index (χ3v) is 10.9. The third-order valence-electron chi connectivity index (χ3n) is 10.9. The molecule has 0 bridgehead atoms. The topological polar surface area (TPSA) is 98.7 Å². The summed E-state index contributed by atoms with van der Waals surface area (Å²) >= 11 is 0. The zero-order chi connectivity index (χ0) is 40.7. The molecule has 4 aromatic rings. The van der Waals surface area contributed by atoms with Gasteiger partial charge < -0.3 is 20.8 Å². The lowest BCUT2D eigenvalue weighted by atomic mass is 9.77. The monoisotopic (exact) mass is 732 g/mol. The zero-order valence-corrected chi connectivity index (χ0v) is 35.1. The van der Waals surface area contributed by atoms with Crippen molar-refractivity contribution in [1.29, 1.82) is 0 Å². The number of benzene rings is 4. The van der Waals surface area contributed by atoms with Crippen LogP contribution in [0.2, 0.25) is 0 Å². The van der Waals surface area contributed by atoms with E-state index in [0.717, 1.165) is 22.3 Å². The second kappa shape index (κ2) is 15.1. The van der Waals surface area contributed by atoms with Gasteiger partial charge in [-0.15, -0.1) is 0 Å². The molecule has 54 heavy (non-hydrogen) atoms. The Bertz CT molecular complexity index is 1640. The Labute approximate surface area is 324 Å². The molecule has 0 radical (unpaired) electrons. The molecule has 0 aliphatic rings. The maximum Gasteiger partial charge on any atom is 0.309 e. The first-order valence-corrected chi connectivity index (χ1v) is 19.2. The number of carbonyl (C=O) groups is 2. The number of amides is 2. The highest BCUT2D eigenvalue weighted by molar-refractivity contribution is 6.35. The van der Waals surface area contributed by atoms with E-state index in [4.69, 9.17) is 0 Å². The molecule has 4 rings (SSSR count). The summed E-state index contributed by atoms with van der Waals surface area (Å²) in [6.07, 6.45) is 0. The third kappa shape index (κ3) is 8.98. The van der Waals surface area contributed by atoms with Crippen LogP contribution in [0.15, 0.2) is 97.1 Å². The van der Waals surface area contributed by atoms with Crippen LogP contribution in [-0.4, -0.2) is 34.1 Å². The van der Waals surface area contributed by atoms with Gasteiger partial charge in [0.05, 0.1) is 12.1 Å². The molecule has 4 N–H and O–H groups in total. The second-order valence-corrected chi connectivity index (χ2v) is 19.2. The van der Waals surface area contributed by atoms with E-state index in [2.05, 4.69) is 93.7 Å². The molecular formula is C48H64N2O4. The van der Waals surface area contributed by atoms with Crippen LogP contribution in [0.3, 0.4) is 0 Å². The Morgan fingerprint density at radius 3 is 0.667 bits per heavy atom. The minimum absolute atomic E-state index is 0.0925. The van der Waals surface area contributed by atoms with Crippen LogP contribution in [0, 0.1) is 0 Å². The Balaban J connectivity index is 1.68. The summed E-state index contributed by atoms with van der Waals surface area (Å²) in [4.78, 5) is 27.5. The number of rotatable bonds is 8. The van der Waals surface area contributed by atoms with Crippen molar-refractivity contribution in [2.75, 3.05) is 0 Å². The highest BCUT2D eigenvalue weighted by atomic mass is 16.3. The summed E-state index contributed by atoms with van der Waals surface area (Å²) < 4.78 is 0. The SMILES string of the molecule is C[C@H](NC(=O)C(=O)N[C@@H](C)C(O)(c1ccc(C(C)(C)C)cc1)c1ccc(C(C)(C)C)cc1)C(O)(c1ccc(C(C)(C)C)cc1)c1ccc(C(C)(C)C)cc1. The Morgan fingerprint density at radius 1 is 0.370 bits per heavy atom. The second-order valence-electron chi connectivity index (χ2n) is 19.2. The molecule has 290 valence electrons. The van der Waals surface area contributed by atoms with E-state index < -0.39 is 35.1 Å². The minimum Gasteiger partial charge on any atom is -0.378 e. The first-order chi connectivity index (χ1) is 24.7. The maximum atomic E-state index is 13.8. The van der Waals surface area contributed by atoms with Crippen molar-refractivity contribution in [2.24, 2.45) is 0 Å². The van der Waals surface area contributed by atoms with E-state index in [1.807, 2.05) is 97.1 Å². The molecule has 2 atom stereocenters. The number of aliphatic hydroxyl groups is 2. The summed E-state index contributed by atoms with van der Waals surface area (Å²) in [7, 11) is 0. The molecule has 4 aromatic carbocycles. The van der Waals surface area contributed by atoms with Gasteiger partial charge in [0.2, 0.25) is 0 Å². The van der Waals surface area contributed by atoms with E-state index in [-0.39, 0.29) is 21.7 Å². The van der Waals surface area contributed by atoms with Gasteiger partial charge in [-0.2, -0.15) is 0 Å². The highest BCUT2D eigenvalue weighted by Crippen LogP contribution is 2.38.